The molecular formula is C23H17F3N2O4S. The van der Waals surface area contributed by atoms with Gasteiger partial charge in [-0.15, -0.1) is 0 Å². The van der Waals surface area contributed by atoms with Gasteiger partial charge in [0.25, 0.3) is 0 Å². The highest BCUT2D eigenvalue weighted by molar-refractivity contribution is 7.22. The number of benzene rings is 2. The molecular weight excluding hydrogens is 457 g/mol. The molecule has 6 nitrogen and oxygen atoms in total. The van der Waals surface area contributed by atoms with Gasteiger partial charge < -0.3 is 15.2 Å². The van der Waals surface area contributed by atoms with Crippen LogP contribution in [-0.4, -0.2) is 22.0 Å². The molecule has 0 aliphatic heterocycles. The maximum Gasteiger partial charge on any atom is 0.416 e. The van der Waals surface area contributed by atoms with Crippen LogP contribution in [0.4, 0.5) is 18.3 Å². The lowest BCUT2D eigenvalue weighted by molar-refractivity contribution is -0.146. The lowest BCUT2D eigenvalue weighted by Gasteiger charge is -2.23. The van der Waals surface area contributed by atoms with E-state index in [9.17, 15) is 27.9 Å². The Labute approximate surface area is 189 Å². The van der Waals surface area contributed by atoms with Gasteiger partial charge in [-0.1, -0.05) is 23.5 Å². The number of halogens is 3. The summed E-state index contributed by atoms with van der Waals surface area (Å²) in [6.45, 7) is 0. The van der Waals surface area contributed by atoms with E-state index < -0.39 is 29.5 Å². The topological polar surface area (TPSA) is 88.5 Å². The van der Waals surface area contributed by atoms with Crippen LogP contribution in [0.3, 0.4) is 0 Å². The zero-order chi connectivity index (χ0) is 23.3. The Morgan fingerprint density at radius 1 is 1.03 bits per heavy atom. The van der Waals surface area contributed by atoms with Crippen LogP contribution < -0.4 is 10.1 Å². The largest absolute Gasteiger partial charge is 0.481 e. The normalized spacial score (nSPS) is 23.7. The van der Waals surface area contributed by atoms with Crippen molar-refractivity contribution in [2.45, 2.75) is 12.6 Å². The Balaban J connectivity index is 1.31. The van der Waals surface area contributed by atoms with Gasteiger partial charge in [-0.25, -0.2) is 4.98 Å². The number of carboxylic acid groups (broad SMARTS) is 1. The van der Waals surface area contributed by atoms with Crippen LogP contribution in [0.25, 0.3) is 10.2 Å². The first-order chi connectivity index (χ1) is 15.7. The van der Waals surface area contributed by atoms with E-state index in [-0.39, 0.29) is 23.5 Å². The third-order valence-corrected chi connectivity index (χ3v) is 6.99. The fourth-order valence-corrected chi connectivity index (χ4v) is 5.47. The number of aromatic nitrogens is 1. The second kappa shape index (κ2) is 7.87. The molecule has 3 aromatic rings. The molecule has 4 atom stereocenters. The number of carbonyl (C=O) groups is 2. The highest BCUT2D eigenvalue weighted by atomic mass is 32.1. The van der Waals surface area contributed by atoms with Gasteiger partial charge in [0.1, 0.15) is 11.5 Å². The van der Waals surface area contributed by atoms with E-state index in [1.807, 2.05) is 12.2 Å². The molecule has 4 unspecified atom stereocenters. The highest BCUT2D eigenvalue weighted by Crippen LogP contribution is 2.48. The standard InChI is InChI=1S/C23H17F3N2O4S/c24-23(25,26)13-3-5-14(6-4-13)32-15-7-8-16-17(10-15)33-22(27-16)28-20(29)18-11-1-2-12(9-11)19(18)21(30)31/h1-8,10-12,18-19H,9H2,(H,30,31)(H,27,28,29). The van der Waals surface area contributed by atoms with Crippen molar-refractivity contribution in [1.82, 2.24) is 4.98 Å². The zero-order valence-corrected chi connectivity index (χ0v) is 17.7. The predicted molar refractivity (Wildman–Crippen MR) is 115 cm³/mol. The van der Waals surface area contributed by atoms with Gasteiger partial charge in [-0.2, -0.15) is 13.2 Å². The van der Waals surface area contributed by atoms with E-state index in [1.54, 1.807) is 18.2 Å². The number of nitrogens with zero attached hydrogens (tertiary/aromatic N) is 1. The summed E-state index contributed by atoms with van der Waals surface area (Å²) in [7, 11) is 0. The van der Waals surface area contributed by atoms with Crippen LogP contribution in [-0.2, 0) is 15.8 Å². The molecule has 1 amide bonds. The number of nitrogens with one attached hydrogen (secondary N) is 1. The van der Waals surface area contributed by atoms with Crippen LogP contribution in [0, 0.1) is 23.7 Å². The Kier molecular flexibility index (Phi) is 5.12. The van der Waals surface area contributed by atoms with Gasteiger partial charge in [-0.05, 0) is 54.7 Å². The monoisotopic (exact) mass is 474 g/mol. The molecule has 2 N–H and O–H groups in total. The summed E-state index contributed by atoms with van der Waals surface area (Å²) >= 11 is 1.21. The summed E-state index contributed by atoms with van der Waals surface area (Å²) in [6, 6.07) is 9.38. The van der Waals surface area contributed by atoms with Crippen LogP contribution in [0.2, 0.25) is 0 Å². The number of carboxylic acids is 1. The smallest absolute Gasteiger partial charge is 0.416 e. The maximum absolute atomic E-state index is 12.9. The first-order valence-corrected chi connectivity index (χ1v) is 11.0. The SMILES string of the molecule is O=C(O)C1C2C=CC(C2)C1C(=O)Nc1nc2ccc(Oc3ccc(C(F)(F)F)cc3)cc2s1. The number of hydrogen-bond acceptors (Lipinski definition) is 5. The van der Waals surface area contributed by atoms with E-state index in [0.29, 0.717) is 27.5 Å². The predicted octanol–water partition coefficient (Wildman–Crippen LogP) is 5.57. The van der Waals surface area contributed by atoms with Gasteiger partial charge in [0.15, 0.2) is 5.13 Å². The minimum Gasteiger partial charge on any atom is -0.481 e. The van der Waals surface area contributed by atoms with Gasteiger partial charge in [0, 0.05) is 6.07 Å². The minimum absolute atomic E-state index is 0.0887. The lowest BCUT2D eigenvalue weighted by atomic mass is 9.82. The molecule has 0 spiro atoms. The van der Waals surface area contributed by atoms with Crippen molar-refractivity contribution in [3.05, 3.63) is 60.2 Å². The maximum atomic E-state index is 12.9. The number of allylic oxidation sites excluding steroid dienone is 2. The lowest BCUT2D eigenvalue weighted by Crippen LogP contribution is -2.36. The average Bonchev–Trinajstić information content (AvgIpc) is 3.47. The molecule has 2 bridgehead atoms. The second-order valence-corrected chi connectivity index (χ2v) is 9.13. The number of alkyl halides is 3. The molecule has 1 fully saturated rings. The van der Waals surface area contributed by atoms with Crippen molar-refractivity contribution in [2.24, 2.45) is 23.7 Å². The summed E-state index contributed by atoms with van der Waals surface area (Å²) in [5.74, 6) is -2.25. The van der Waals surface area contributed by atoms with Crippen LogP contribution in [0.5, 0.6) is 11.5 Å². The molecule has 5 rings (SSSR count). The molecule has 1 saturated carbocycles. The summed E-state index contributed by atoms with van der Waals surface area (Å²) in [5, 5.41) is 12.6. The van der Waals surface area contributed by atoms with Crippen molar-refractivity contribution in [3.63, 3.8) is 0 Å². The minimum atomic E-state index is -4.42. The molecule has 0 radical (unpaired) electrons. The number of rotatable bonds is 5. The molecule has 2 aliphatic rings. The van der Waals surface area contributed by atoms with E-state index in [1.165, 1.54) is 23.5 Å². The van der Waals surface area contributed by atoms with Crippen molar-refractivity contribution in [2.75, 3.05) is 5.32 Å². The Bertz CT molecular complexity index is 1270. The van der Waals surface area contributed by atoms with Gasteiger partial charge in [-0.3, -0.25) is 9.59 Å². The van der Waals surface area contributed by atoms with Crippen molar-refractivity contribution >= 4 is 38.6 Å². The molecule has 0 saturated heterocycles. The number of aliphatic carboxylic acids is 1. The third-order valence-electron chi connectivity index (χ3n) is 6.05. The molecule has 33 heavy (non-hydrogen) atoms. The van der Waals surface area contributed by atoms with E-state index >= 15 is 0 Å². The van der Waals surface area contributed by atoms with E-state index in [4.69, 9.17) is 4.74 Å². The fraction of sp³-hybridized carbons (Fsp3) is 0.261. The summed E-state index contributed by atoms with van der Waals surface area (Å²) in [5.41, 5.74) is -0.151. The highest BCUT2D eigenvalue weighted by Gasteiger charge is 2.51. The zero-order valence-electron chi connectivity index (χ0n) is 16.9. The van der Waals surface area contributed by atoms with Crippen molar-refractivity contribution in [3.8, 4) is 11.5 Å². The first kappa shape index (κ1) is 21.4. The third kappa shape index (κ3) is 4.06. The van der Waals surface area contributed by atoms with Crippen molar-refractivity contribution < 1.29 is 32.6 Å². The number of thiazole rings is 1. The summed E-state index contributed by atoms with van der Waals surface area (Å²) in [4.78, 5) is 28.9. The molecule has 1 heterocycles. The first-order valence-electron chi connectivity index (χ1n) is 10.2. The summed E-state index contributed by atoms with van der Waals surface area (Å²) < 4.78 is 44.5. The van der Waals surface area contributed by atoms with Gasteiger partial charge >= 0.3 is 12.1 Å². The molecule has 2 aromatic carbocycles. The number of fused-ring (bicyclic) bond motifs is 3. The molecule has 170 valence electrons. The number of anilines is 1. The van der Waals surface area contributed by atoms with Crippen molar-refractivity contribution in [1.29, 1.82) is 0 Å². The van der Waals surface area contributed by atoms with Crippen LogP contribution in [0.1, 0.15) is 12.0 Å². The van der Waals surface area contributed by atoms with Crippen LogP contribution in [0.15, 0.2) is 54.6 Å². The quantitative estimate of drug-likeness (QED) is 0.472. The number of hydrogen-bond donors (Lipinski definition) is 2. The molecule has 2 aliphatic carbocycles. The van der Waals surface area contributed by atoms with Gasteiger partial charge in [0.05, 0.1) is 27.6 Å². The number of amides is 1. The van der Waals surface area contributed by atoms with E-state index in [2.05, 4.69) is 10.3 Å². The molecule has 1 aromatic heterocycles. The van der Waals surface area contributed by atoms with Gasteiger partial charge in [0.2, 0.25) is 5.91 Å². The van der Waals surface area contributed by atoms with Crippen LogP contribution >= 0.6 is 11.3 Å². The Morgan fingerprint density at radius 3 is 2.36 bits per heavy atom. The average molecular weight is 474 g/mol. The number of ether oxygens (including phenoxy) is 1. The number of carbonyl (C=O) groups excluding carboxylic acids is 1. The second-order valence-electron chi connectivity index (χ2n) is 8.10. The fourth-order valence-electron chi connectivity index (χ4n) is 4.58. The summed E-state index contributed by atoms with van der Waals surface area (Å²) in [6.07, 6.45) is 0.0416. The molecule has 10 heteroatoms. The Hall–Kier alpha value is -3.40. The Morgan fingerprint density at radius 2 is 1.70 bits per heavy atom. The van der Waals surface area contributed by atoms with E-state index in [0.717, 1.165) is 12.1 Å².